The Hall–Kier alpha value is -0.0400. The fourth-order valence-corrected chi connectivity index (χ4v) is 5.68. The van der Waals surface area contributed by atoms with Gasteiger partial charge in [-0.05, 0) is 54.8 Å². The second kappa shape index (κ2) is 4.23. The molecule has 3 aliphatic carbocycles. The smallest absolute Gasteiger partial charge is 0.0177 e. The minimum atomic E-state index is 0.522. The molecule has 1 heteroatoms. The highest BCUT2D eigenvalue weighted by molar-refractivity contribution is 5.13. The fraction of sp³-hybridized carbons (Fsp3) is 1.00. The fourth-order valence-electron chi connectivity index (χ4n) is 5.68. The summed E-state index contributed by atoms with van der Waals surface area (Å²) in [6, 6.07) is 1.58. The molecule has 3 fully saturated rings. The normalized spacial score (nSPS) is 50.0. The van der Waals surface area contributed by atoms with Gasteiger partial charge in [-0.3, -0.25) is 0 Å². The SMILES string of the molecule is CCC1CCCC1NC1C2(C)CCC(C2)C1(C)C. The molecule has 104 valence electrons. The first kappa shape index (κ1) is 13.0. The van der Waals surface area contributed by atoms with Gasteiger partial charge < -0.3 is 5.32 Å². The molecule has 0 aliphatic heterocycles. The summed E-state index contributed by atoms with van der Waals surface area (Å²) in [6.07, 6.45) is 10.1. The molecular weight excluding hydrogens is 218 g/mol. The van der Waals surface area contributed by atoms with E-state index in [1.54, 1.807) is 0 Å². The highest BCUT2D eigenvalue weighted by Gasteiger charge is 2.59. The largest absolute Gasteiger partial charge is 0.310 e. The van der Waals surface area contributed by atoms with E-state index in [-0.39, 0.29) is 0 Å². The van der Waals surface area contributed by atoms with Crippen LogP contribution in [0.5, 0.6) is 0 Å². The monoisotopic (exact) mass is 249 g/mol. The highest BCUT2D eigenvalue weighted by Crippen LogP contribution is 2.62. The van der Waals surface area contributed by atoms with E-state index in [1.807, 2.05) is 0 Å². The van der Waals surface area contributed by atoms with Crippen molar-refractivity contribution in [3.63, 3.8) is 0 Å². The van der Waals surface area contributed by atoms with Gasteiger partial charge in [-0.1, -0.05) is 40.5 Å². The van der Waals surface area contributed by atoms with Crippen LogP contribution < -0.4 is 5.32 Å². The minimum Gasteiger partial charge on any atom is -0.310 e. The molecule has 1 N–H and O–H groups in total. The van der Waals surface area contributed by atoms with E-state index in [9.17, 15) is 0 Å². The van der Waals surface area contributed by atoms with Crippen LogP contribution in [0.1, 0.15) is 72.6 Å². The molecule has 5 unspecified atom stereocenters. The zero-order valence-electron chi connectivity index (χ0n) is 12.8. The molecule has 0 aromatic heterocycles. The van der Waals surface area contributed by atoms with Crippen molar-refractivity contribution < 1.29 is 0 Å². The van der Waals surface area contributed by atoms with Crippen molar-refractivity contribution in [2.75, 3.05) is 0 Å². The Bertz CT molecular complexity index is 317. The zero-order chi connectivity index (χ0) is 13.0. The summed E-state index contributed by atoms with van der Waals surface area (Å²) in [7, 11) is 0. The van der Waals surface area contributed by atoms with Crippen molar-refractivity contribution in [2.24, 2.45) is 22.7 Å². The lowest BCUT2D eigenvalue weighted by Gasteiger charge is -2.45. The van der Waals surface area contributed by atoms with Crippen molar-refractivity contribution in [1.82, 2.24) is 5.32 Å². The van der Waals surface area contributed by atoms with E-state index < -0.39 is 0 Å². The quantitative estimate of drug-likeness (QED) is 0.783. The molecule has 0 aromatic rings. The topological polar surface area (TPSA) is 12.0 Å². The van der Waals surface area contributed by atoms with Gasteiger partial charge >= 0.3 is 0 Å². The van der Waals surface area contributed by atoms with Crippen molar-refractivity contribution in [2.45, 2.75) is 84.7 Å². The molecule has 0 heterocycles. The van der Waals surface area contributed by atoms with Gasteiger partial charge in [-0.15, -0.1) is 0 Å². The van der Waals surface area contributed by atoms with Crippen LogP contribution in [0.2, 0.25) is 0 Å². The second-order valence-corrected chi connectivity index (χ2v) is 8.22. The number of rotatable bonds is 3. The predicted octanol–water partition coefficient (Wildman–Crippen LogP) is 4.37. The maximum atomic E-state index is 4.14. The third kappa shape index (κ3) is 1.77. The molecule has 3 aliphatic rings. The maximum Gasteiger partial charge on any atom is 0.0177 e. The van der Waals surface area contributed by atoms with Crippen molar-refractivity contribution >= 4 is 0 Å². The first-order valence-corrected chi connectivity index (χ1v) is 8.23. The number of nitrogens with one attached hydrogen (secondary N) is 1. The second-order valence-electron chi connectivity index (χ2n) is 8.22. The number of hydrogen-bond acceptors (Lipinski definition) is 1. The Labute approximate surface area is 113 Å². The summed E-state index contributed by atoms with van der Waals surface area (Å²) in [5.41, 5.74) is 1.11. The molecule has 1 nitrogen and oxygen atoms in total. The summed E-state index contributed by atoms with van der Waals surface area (Å²) in [5, 5.41) is 4.14. The molecule has 0 amide bonds. The van der Waals surface area contributed by atoms with E-state index in [4.69, 9.17) is 0 Å². The Balaban J connectivity index is 1.76. The van der Waals surface area contributed by atoms with Crippen LogP contribution in [-0.2, 0) is 0 Å². The van der Waals surface area contributed by atoms with Gasteiger partial charge in [0.2, 0.25) is 0 Å². The number of fused-ring (bicyclic) bond motifs is 2. The molecule has 3 saturated carbocycles. The minimum absolute atomic E-state index is 0.522. The van der Waals surface area contributed by atoms with Crippen LogP contribution in [0.15, 0.2) is 0 Å². The lowest BCUT2D eigenvalue weighted by atomic mass is 9.68. The van der Waals surface area contributed by atoms with Crippen LogP contribution in [0.4, 0.5) is 0 Å². The van der Waals surface area contributed by atoms with Gasteiger partial charge in [0, 0.05) is 12.1 Å². The Kier molecular flexibility index (Phi) is 3.05. The molecular formula is C17H31N. The van der Waals surface area contributed by atoms with Crippen LogP contribution in [-0.4, -0.2) is 12.1 Å². The molecule has 3 rings (SSSR count). The van der Waals surface area contributed by atoms with E-state index >= 15 is 0 Å². The molecule has 2 bridgehead atoms. The van der Waals surface area contributed by atoms with Crippen LogP contribution >= 0.6 is 0 Å². The molecule has 18 heavy (non-hydrogen) atoms. The van der Waals surface area contributed by atoms with Gasteiger partial charge in [0.1, 0.15) is 0 Å². The Morgan fingerprint density at radius 3 is 2.50 bits per heavy atom. The predicted molar refractivity (Wildman–Crippen MR) is 77.6 cm³/mol. The van der Waals surface area contributed by atoms with Gasteiger partial charge in [-0.25, -0.2) is 0 Å². The summed E-state index contributed by atoms with van der Waals surface area (Å²) in [5.74, 6) is 1.92. The van der Waals surface area contributed by atoms with Gasteiger partial charge in [0.05, 0.1) is 0 Å². The van der Waals surface area contributed by atoms with Gasteiger partial charge in [-0.2, -0.15) is 0 Å². The number of hydrogen-bond donors (Lipinski definition) is 1. The third-order valence-electron chi connectivity index (χ3n) is 6.83. The maximum absolute atomic E-state index is 4.14. The molecule has 0 spiro atoms. The first-order chi connectivity index (χ1) is 8.47. The van der Waals surface area contributed by atoms with Crippen LogP contribution in [0.3, 0.4) is 0 Å². The van der Waals surface area contributed by atoms with Gasteiger partial charge in [0.25, 0.3) is 0 Å². The average Bonchev–Trinajstić information content (AvgIpc) is 2.95. The van der Waals surface area contributed by atoms with E-state index in [0.29, 0.717) is 10.8 Å². The zero-order valence-corrected chi connectivity index (χ0v) is 12.8. The van der Waals surface area contributed by atoms with E-state index in [0.717, 1.165) is 23.9 Å². The van der Waals surface area contributed by atoms with Crippen molar-refractivity contribution in [1.29, 1.82) is 0 Å². The molecule has 0 radical (unpaired) electrons. The molecule has 0 aromatic carbocycles. The standard InChI is InChI=1S/C17H31N/c1-5-12-7-6-8-14(12)18-15-16(2,3)13-9-10-17(15,4)11-13/h12-15,18H,5-11H2,1-4H3. The van der Waals surface area contributed by atoms with E-state index in [1.165, 1.54) is 44.9 Å². The summed E-state index contributed by atoms with van der Waals surface area (Å²) >= 11 is 0. The third-order valence-corrected chi connectivity index (χ3v) is 6.83. The van der Waals surface area contributed by atoms with Crippen molar-refractivity contribution in [3.05, 3.63) is 0 Å². The Morgan fingerprint density at radius 2 is 1.89 bits per heavy atom. The summed E-state index contributed by atoms with van der Waals surface area (Å²) in [6.45, 7) is 9.97. The Morgan fingerprint density at radius 1 is 1.11 bits per heavy atom. The lowest BCUT2D eigenvalue weighted by molar-refractivity contribution is 0.0924. The van der Waals surface area contributed by atoms with E-state index in [2.05, 4.69) is 33.0 Å². The molecule has 0 saturated heterocycles. The lowest BCUT2D eigenvalue weighted by Crippen LogP contribution is -2.54. The highest BCUT2D eigenvalue weighted by atomic mass is 15.0. The average molecular weight is 249 g/mol. The van der Waals surface area contributed by atoms with Crippen LogP contribution in [0, 0.1) is 22.7 Å². The summed E-state index contributed by atoms with van der Waals surface area (Å²) < 4.78 is 0. The molecule has 5 atom stereocenters. The van der Waals surface area contributed by atoms with Crippen molar-refractivity contribution in [3.8, 4) is 0 Å². The van der Waals surface area contributed by atoms with Gasteiger partial charge in [0.15, 0.2) is 0 Å². The van der Waals surface area contributed by atoms with Crippen LogP contribution in [0.25, 0.3) is 0 Å². The summed E-state index contributed by atoms with van der Waals surface area (Å²) in [4.78, 5) is 0. The first-order valence-electron chi connectivity index (χ1n) is 8.23.